The van der Waals surface area contributed by atoms with Crippen LogP contribution < -0.4 is 0 Å². The van der Waals surface area contributed by atoms with E-state index in [1.807, 2.05) is 0 Å². The summed E-state index contributed by atoms with van der Waals surface area (Å²) in [5.74, 6) is 0. The van der Waals surface area contributed by atoms with Gasteiger partial charge >= 0.3 is 0 Å². The van der Waals surface area contributed by atoms with E-state index in [9.17, 15) is 5.11 Å². The van der Waals surface area contributed by atoms with E-state index in [2.05, 4.69) is 33.4 Å². The van der Waals surface area contributed by atoms with Crippen molar-refractivity contribution in [3.8, 4) is 0 Å². The molecule has 1 rings (SSSR count). The van der Waals surface area contributed by atoms with Gasteiger partial charge in [-0.25, -0.2) is 0 Å². The molecule has 24 heavy (non-hydrogen) atoms. The minimum atomic E-state index is -0.429. The minimum absolute atomic E-state index is 0.108. The number of rotatable bonds is 13. The highest BCUT2D eigenvalue weighted by atomic mass is 32.1. The molecule has 0 amide bonds. The number of aliphatic hydroxyl groups excluding tert-OH is 1. The van der Waals surface area contributed by atoms with E-state index in [1.165, 1.54) is 0 Å². The molecule has 5 nitrogen and oxygen atoms in total. The zero-order chi connectivity index (χ0) is 17.8. The van der Waals surface area contributed by atoms with Crippen LogP contribution in [0.2, 0.25) is 0 Å². The molecule has 0 radical (unpaired) electrons. The molecule has 1 fully saturated rings. The molecule has 0 saturated carbocycles. The Kier molecular flexibility index (Phi) is 12.4. The fourth-order valence-corrected chi connectivity index (χ4v) is 3.11. The van der Waals surface area contributed by atoms with Crippen molar-refractivity contribution in [2.45, 2.75) is 89.1 Å². The SMILES string of the molecule is CCCCOC1C(OCCCC)[C@@H](S)OC(CO)[C@H]1OCCCC. The zero-order valence-corrected chi connectivity index (χ0v) is 16.4. The first-order valence-corrected chi connectivity index (χ1v) is 10.00. The van der Waals surface area contributed by atoms with Crippen LogP contribution in [0, 0.1) is 0 Å². The summed E-state index contributed by atoms with van der Waals surface area (Å²) in [6.07, 6.45) is 4.85. The predicted octanol–water partition coefficient (Wildman–Crippen LogP) is 3.19. The molecule has 0 aromatic heterocycles. The monoisotopic (exact) mass is 364 g/mol. The quantitative estimate of drug-likeness (QED) is 0.388. The molecule has 1 saturated heterocycles. The van der Waals surface area contributed by atoms with Crippen molar-refractivity contribution < 1.29 is 24.1 Å². The second kappa shape index (κ2) is 13.4. The lowest BCUT2D eigenvalue weighted by atomic mass is 9.99. The minimum Gasteiger partial charge on any atom is -0.394 e. The van der Waals surface area contributed by atoms with E-state index >= 15 is 0 Å². The highest BCUT2D eigenvalue weighted by Crippen LogP contribution is 2.30. The molecule has 5 atom stereocenters. The van der Waals surface area contributed by atoms with Gasteiger partial charge < -0.3 is 24.1 Å². The predicted molar refractivity (Wildman–Crippen MR) is 98.7 cm³/mol. The average molecular weight is 365 g/mol. The van der Waals surface area contributed by atoms with Gasteiger partial charge in [0.15, 0.2) is 0 Å². The van der Waals surface area contributed by atoms with Crippen LogP contribution in [0.3, 0.4) is 0 Å². The number of aliphatic hydroxyl groups is 1. The molecule has 0 bridgehead atoms. The Bertz CT molecular complexity index is 305. The van der Waals surface area contributed by atoms with Crippen LogP contribution in [0.4, 0.5) is 0 Å². The summed E-state index contributed by atoms with van der Waals surface area (Å²) in [6, 6.07) is 0. The van der Waals surface area contributed by atoms with E-state index in [1.54, 1.807) is 0 Å². The van der Waals surface area contributed by atoms with Crippen molar-refractivity contribution in [2.24, 2.45) is 0 Å². The highest BCUT2D eigenvalue weighted by Gasteiger charge is 2.46. The Morgan fingerprint density at radius 3 is 1.71 bits per heavy atom. The summed E-state index contributed by atoms with van der Waals surface area (Å²) in [7, 11) is 0. The van der Waals surface area contributed by atoms with Crippen molar-refractivity contribution in [3.63, 3.8) is 0 Å². The standard InChI is InChI=1S/C18H36O5S/c1-4-7-10-20-15-14(13-19)23-18(24)17(22-12-9-6-3)16(15)21-11-8-5-2/h14-19,24H,4-13H2,1-3H3/t14?,15-,16?,17?,18-/m1/s1. The van der Waals surface area contributed by atoms with Crippen molar-refractivity contribution in [1.29, 1.82) is 0 Å². The summed E-state index contributed by atoms with van der Waals surface area (Å²) in [5, 5.41) is 9.69. The lowest BCUT2D eigenvalue weighted by Crippen LogP contribution is -2.60. The fourth-order valence-electron chi connectivity index (χ4n) is 2.70. The van der Waals surface area contributed by atoms with E-state index < -0.39 is 11.5 Å². The Balaban J connectivity index is 2.79. The molecular formula is C18H36O5S. The molecule has 1 aliphatic heterocycles. The summed E-state index contributed by atoms with van der Waals surface area (Å²) in [4.78, 5) is 0. The third-order valence-electron chi connectivity index (χ3n) is 4.21. The van der Waals surface area contributed by atoms with Crippen LogP contribution in [0.25, 0.3) is 0 Å². The molecule has 0 aromatic rings. The summed E-state index contributed by atoms with van der Waals surface area (Å²) in [6.45, 7) is 8.22. The van der Waals surface area contributed by atoms with Crippen LogP contribution in [0.15, 0.2) is 0 Å². The molecule has 1 heterocycles. The van der Waals surface area contributed by atoms with Crippen molar-refractivity contribution >= 4 is 12.6 Å². The van der Waals surface area contributed by atoms with Crippen LogP contribution >= 0.6 is 12.6 Å². The van der Waals surface area contributed by atoms with Crippen LogP contribution in [-0.4, -0.2) is 61.4 Å². The number of ether oxygens (including phenoxy) is 4. The second-order valence-corrected chi connectivity index (χ2v) is 6.82. The maximum Gasteiger partial charge on any atom is 0.129 e. The van der Waals surface area contributed by atoms with Gasteiger partial charge in [-0.15, -0.1) is 12.6 Å². The number of thiol groups is 1. The van der Waals surface area contributed by atoms with Gasteiger partial charge in [0.1, 0.15) is 29.9 Å². The average Bonchev–Trinajstić information content (AvgIpc) is 2.58. The van der Waals surface area contributed by atoms with Crippen molar-refractivity contribution in [2.75, 3.05) is 26.4 Å². The number of hydrogen-bond acceptors (Lipinski definition) is 6. The van der Waals surface area contributed by atoms with Gasteiger partial charge in [-0.2, -0.15) is 0 Å². The van der Waals surface area contributed by atoms with Gasteiger partial charge in [-0.3, -0.25) is 0 Å². The van der Waals surface area contributed by atoms with Crippen LogP contribution in [-0.2, 0) is 18.9 Å². The molecule has 144 valence electrons. The summed E-state index contributed by atoms with van der Waals surface area (Å²) >= 11 is 4.53. The zero-order valence-electron chi connectivity index (χ0n) is 15.5. The van der Waals surface area contributed by atoms with E-state index in [4.69, 9.17) is 18.9 Å². The van der Waals surface area contributed by atoms with Gasteiger partial charge in [0.05, 0.1) is 6.61 Å². The van der Waals surface area contributed by atoms with Gasteiger partial charge in [0.25, 0.3) is 0 Å². The summed E-state index contributed by atoms with van der Waals surface area (Å²) < 4.78 is 24.0. The van der Waals surface area contributed by atoms with Crippen molar-refractivity contribution in [3.05, 3.63) is 0 Å². The van der Waals surface area contributed by atoms with E-state index in [-0.39, 0.29) is 24.9 Å². The maximum absolute atomic E-state index is 9.69. The molecular weight excluding hydrogens is 328 g/mol. The summed E-state index contributed by atoms with van der Waals surface area (Å²) in [5.41, 5.74) is -0.420. The van der Waals surface area contributed by atoms with Gasteiger partial charge in [0.2, 0.25) is 0 Å². The number of hydrogen-bond donors (Lipinski definition) is 2. The van der Waals surface area contributed by atoms with Gasteiger partial charge in [0, 0.05) is 19.8 Å². The molecule has 0 spiro atoms. The lowest BCUT2D eigenvalue weighted by molar-refractivity contribution is -0.244. The van der Waals surface area contributed by atoms with Gasteiger partial charge in [-0.05, 0) is 19.3 Å². The topological polar surface area (TPSA) is 57.2 Å². The Morgan fingerprint density at radius 2 is 1.25 bits per heavy atom. The smallest absolute Gasteiger partial charge is 0.129 e. The van der Waals surface area contributed by atoms with Crippen LogP contribution in [0.1, 0.15) is 59.3 Å². The Hall–Kier alpha value is 0.150. The van der Waals surface area contributed by atoms with Crippen molar-refractivity contribution in [1.82, 2.24) is 0 Å². The Morgan fingerprint density at radius 1 is 0.792 bits per heavy atom. The third-order valence-corrected chi connectivity index (χ3v) is 4.63. The third kappa shape index (κ3) is 7.18. The molecule has 3 unspecified atom stereocenters. The second-order valence-electron chi connectivity index (χ2n) is 6.31. The fraction of sp³-hybridized carbons (Fsp3) is 1.00. The molecule has 1 aliphatic rings. The molecule has 1 N–H and O–H groups in total. The van der Waals surface area contributed by atoms with Gasteiger partial charge in [-0.1, -0.05) is 40.0 Å². The molecule has 0 aromatic carbocycles. The highest BCUT2D eigenvalue weighted by molar-refractivity contribution is 7.80. The first-order valence-electron chi connectivity index (χ1n) is 9.48. The molecule has 6 heteroatoms. The van der Waals surface area contributed by atoms with Crippen LogP contribution in [0.5, 0.6) is 0 Å². The molecule has 0 aliphatic carbocycles. The largest absolute Gasteiger partial charge is 0.394 e. The first-order chi connectivity index (χ1) is 11.7. The number of unbranched alkanes of at least 4 members (excludes halogenated alkanes) is 3. The first kappa shape index (κ1) is 22.2. The van der Waals surface area contributed by atoms with E-state index in [0.717, 1.165) is 38.5 Å². The maximum atomic E-state index is 9.69. The lowest BCUT2D eigenvalue weighted by Gasteiger charge is -2.44. The van der Waals surface area contributed by atoms with E-state index in [0.29, 0.717) is 19.8 Å². The Labute approximate surface area is 152 Å². The normalized spacial score (nSPS) is 30.6.